The van der Waals surface area contributed by atoms with E-state index >= 15 is 0 Å². The zero-order valence-electron chi connectivity index (χ0n) is 14.7. The van der Waals surface area contributed by atoms with E-state index in [9.17, 15) is 24.8 Å². The molecule has 1 heterocycles. The van der Waals surface area contributed by atoms with E-state index in [1.807, 2.05) is 0 Å². The average Bonchev–Trinajstić information content (AvgIpc) is 3.10. The van der Waals surface area contributed by atoms with Crippen molar-refractivity contribution in [3.63, 3.8) is 0 Å². The van der Waals surface area contributed by atoms with Gasteiger partial charge >= 0.3 is 11.9 Å². The van der Waals surface area contributed by atoms with Gasteiger partial charge in [0, 0.05) is 17.7 Å². The Morgan fingerprint density at radius 1 is 1.18 bits per heavy atom. The summed E-state index contributed by atoms with van der Waals surface area (Å²) < 4.78 is 6.23. The second-order valence-electron chi connectivity index (χ2n) is 5.65. The van der Waals surface area contributed by atoms with E-state index in [1.165, 1.54) is 28.9 Å². The molecular formula is C19H15N3O6. The van der Waals surface area contributed by atoms with Crippen LogP contribution in [-0.2, 0) is 4.74 Å². The van der Waals surface area contributed by atoms with Gasteiger partial charge in [-0.05, 0) is 13.0 Å². The molecule has 1 aromatic heterocycles. The van der Waals surface area contributed by atoms with E-state index in [0.29, 0.717) is 5.56 Å². The quantitative estimate of drug-likeness (QED) is 0.394. The van der Waals surface area contributed by atoms with Crippen molar-refractivity contribution in [3.8, 4) is 16.9 Å². The fourth-order valence-electron chi connectivity index (χ4n) is 2.75. The molecule has 3 rings (SSSR count). The number of hydrogen-bond acceptors (Lipinski definition) is 6. The third-order valence-electron chi connectivity index (χ3n) is 3.90. The minimum atomic E-state index is -1.41. The number of rotatable bonds is 6. The van der Waals surface area contributed by atoms with E-state index in [1.54, 1.807) is 37.3 Å². The second kappa shape index (κ2) is 7.70. The lowest BCUT2D eigenvalue weighted by atomic mass is 10.1. The maximum Gasteiger partial charge on any atom is 0.357 e. The molecule has 0 bridgehead atoms. The molecule has 0 aliphatic carbocycles. The summed E-state index contributed by atoms with van der Waals surface area (Å²) in [4.78, 5) is 34.8. The Bertz CT molecular complexity index is 1060. The first-order valence-electron chi connectivity index (χ1n) is 8.27. The molecule has 2 aromatic carbocycles. The van der Waals surface area contributed by atoms with Crippen molar-refractivity contribution < 1.29 is 24.4 Å². The normalized spacial score (nSPS) is 10.5. The molecule has 0 saturated heterocycles. The molecule has 0 fully saturated rings. The summed E-state index contributed by atoms with van der Waals surface area (Å²) in [5, 5.41) is 24.7. The highest BCUT2D eigenvalue weighted by molar-refractivity contribution is 6.06. The van der Waals surface area contributed by atoms with Crippen LogP contribution in [0.15, 0.2) is 54.6 Å². The Balaban J connectivity index is 2.35. The van der Waals surface area contributed by atoms with Gasteiger partial charge in [-0.2, -0.15) is 5.10 Å². The van der Waals surface area contributed by atoms with Crippen molar-refractivity contribution >= 4 is 17.6 Å². The van der Waals surface area contributed by atoms with Crippen LogP contribution in [0, 0.1) is 10.1 Å². The number of aromatic carboxylic acids is 1. The molecule has 0 radical (unpaired) electrons. The summed E-state index contributed by atoms with van der Waals surface area (Å²) in [6.45, 7) is 1.65. The Morgan fingerprint density at radius 2 is 1.89 bits per heavy atom. The van der Waals surface area contributed by atoms with Crippen molar-refractivity contribution in [1.82, 2.24) is 9.78 Å². The predicted molar refractivity (Wildman–Crippen MR) is 98.6 cm³/mol. The van der Waals surface area contributed by atoms with Crippen molar-refractivity contribution in [3.05, 3.63) is 76.0 Å². The first-order valence-corrected chi connectivity index (χ1v) is 8.27. The lowest BCUT2D eigenvalue weighted by Gasteiger charge is -2.10. The summed E-state index contributed by atoms with van der Waals surface area (Å²) in [5.41, 5.74) is 0.0255. The summed E-state index contributed by atoms with van der Waals surface area (Å²) in [6, 6.07) is 14.1. The lowest BCUT2D eigenvalue weighted by Crippen LogP contribution is -2.11. The van der Waals surface area contributed by atoms with Gasteiger partial charge in [0.2, 0.25) is 0 Å². The summed E-state index contributed by atoms with van der Waals surface area (Å²) in [7, 11) is 0. The zero-order chi connectivity index (χ0) is 20.3. The van der Waals surface area contributed by atoms with Crippen LogP contribution >= 0.6 is 0 Å². The van der Waals surface area contributed by atoms with E-state index in [0.717, 1.165) is 0 Å². The Kier molecular flexibility index (Phi) is 5.16. The molecule has 0 aliphatic rings. The van der Waals surface area contributed by atoms with Gasteiger partial charge in [0.05, 0.1) is 22.9 Å². The molecule has 3 aromatic rings. The molecule has 28 heavy (non-hydrogen) atoms. The first-order chi connectivity index (χ1) is 13.4. The standard InChI is InChI=1S/C19H15N3O6/c1-2-28-19(25)15-16(18(23)24)20-21(17(15)12-7-4-3-5-8-12)13-9-6-10-14(11-13)22(26)27/h3-11H,2H2,1H3,(H,23,24). The number of aromatic nitrogens is 2. The number of nitro groups is 1. The number of non-ortho nitro benzene ring substituents is 1. The van der Waals surface area contributed by atoms with Crippen LogP contribution in [0.1, 0.15) is 27.8 Å². The highest BCUT2D eigenvalue weighted by Crippen LogP contribution is 2.31. The van der Waals surface area contributed by atoms with Gasteiger partial charge in [0.25, 0.3) is 5.69 Å². The SMILES string of the molecule is CCOC(=O)c1c(C(=O)O)nn(-c2cccc([N+](=O)[O-])c2)c1-c1ccccc1. The maximum atomic E-state index is 12.5. The molecule has 0 atom stereocenters. The van der Waals surface area contributed by atoms with Crippen LogP contribution in [0.3, 0.4) is 0 Å². The number of carboxylic acids is 1. The summed E-state index contributed by atoms with van der Waals surface area (Å²) in [6.07, 6.45) is 0. The van der Waals surface area contributed by atoms with Crippen LogP contribution < -0.4 is 0 Å². The number of carbonyl (C=O) groups is 2. The highest BCUT2D eigenvalue weighted by atomic mass is 16.6. The van der Waals surface area contributed by atoms with Crippen LogP contribution in [0.2, 0.25) is 0 Å². The van der Waals surface area contributed by atoms with Gasteiger partial charge in [0.15, 0.2) is 5.69 Å². The molecule has 0 amide bonds. The van der Waals surface area contributed by atoms with Crippen molar-refractivity contribution in [2.24, 2.45) is 0 Å². The predicted octanol–water partition coefficient (Wildman–Crippen LogP) is 3.32. The van der Waals surface area contributed by atoms with E-state index in [4.69, 9.17) is 4.74 Å². The van der Waals surface area contributed by atoms with E-state index in [2.05, 4.69) is 5.10 Å². The van der Waals surface area contributed by atoms with E-state index in [-0.39, 0.29) is 29.2 Å². The first kappa shape index (κ1) is 18.8. The highest BCUT2D eigenvalue weighted by Gasteiger charge is 2.30. The molecule has 0 aliphatic heterocycles. The third kappa shape index (κ3) is 3.45. The number of nitro benzene ring substituents is 1. The number of carbonyl (C=O) groups excluding carboxylic acids is 1. The number of benzene rings is 2. The number of ether oxygens (including phenoxy) is 1. The van der Waals surface area contributed by atoms with Crippen LogP contribution in [0.5, 0.6) is 0 Å². The van der Waals surface area contributed by atoms with E-state index < -0.39 is 22.6 Å². The van der Waals surface area contributed by atoms with Crippen molar-refractivity contribution in [2.75, 3.05) is 6.61 Å². The number of hydrogen-bond donors (Lipinski definition) is 1. The Hall–Kier alpha value is -4.01. The molecule has 0 unspecified atom stereocenters. The fraction of sp³-hybridized carbons (Fsp3) is 0.105. The van der Waals surface area contributed by atoms with Gasteiger partial charge in [0.1, 0.15) is 5.56 Å². The topological polar surface area (TPSA) is 125 Å². The van der Waals surface area contributed by atoms with Crippen molar-refractivity contribution in [1.29, 1.82) is 0 Å². The zero-order valence-corrected chi connectivity index (χ0v) is 14.7. The van der Waals surface area contributed by atoms with Gasteiger partial charge in [-0.25, -0.2) is 14.3 Å². The second-order valence-corrected chi connectivity index (χ2v) is 5.65. The molecule has 9 nitrogen and oxygen atoms in total. The third-order valence-corrected chi connectivity index (χ3v) is 3.90. The number of nitrogens with zero attached hydrogens (tertiary/aromatic N) is 3. The van der Waals surface area contributed by atoms with Gasteiger partial charge in [-0.15, -0.1) is 0 Å². The fourth-order valence-corrected chi connectivity index (χ4v) is 2.75. The van der Waals surface area contributed by atoms with Gasteiger partial charge in [-0.1, -0.05) is 36.4 Å². The van der Waals surface area contributed by atoms with Gasteiger partial charge in [-0.3, -0.25) is 10.1 Å². The Morgan fingerprint density at radius 3 is 2.50 bits per heavy atom. The minimum Gasteiger partial charge on any atom is -0.476 e. The Labute approximate surface area is 158 Å². The molecule has 142 valence electrons. The maximum absolute atomic E-state index is 12.5. The van der Waals surface area contributed by atoms with Crippen LogP contribution in [0.25, 0.3) is 16.9 Å². The van der Waals surface area contributed by atoms with Crippen molar-refractivity contribution in [2.45, 2.75) is 6.92 Å². The summed E-state index contributed by atoms with van der Waals surface area (Å²) >= 11 is 0. The van der Waals surface area contributed by atoms with Crippen LogP contribution in [-0.4, -0.2) is 38.4 Å². The van der Waals surface area contributed by atoms with Crippen LogP contribution in [0.4, 0.5) is 5.69 Å². The minimum absolute atomic E-state index is 0.0497. The molecule has 1 N–H and O–H groups in total. The molecule has 9 heteroatoms. The average molecular weight is 381 g/mol. The molecule has 0 spiro atoms. The monoisotopic (exact) mass is 381 g/mol. The number of esters is 1. The van der Waals surface area contributed by atoms with Gasteiger partial charge < -0.3 is 9.84 Å². The molecular weight excluding hydrogens is 366 g/mol. The number of carboxylic acid groups (broad SMARTS) is 1. The molecule has 0 saturated carbocycles. The lowest BCUT2D eigenvalue weighted by molar-refractivity contribution is -0.384. The largest absolute Gasteiger partial charge is 0.476 e. The summed E-state index contributed by atoms with van der Waals surface area (Å²) in [5.74, 6) is -2.25. The smallest absolute Gasteiger partial charge is 0.357 e.